The van der Waals surface area contributed by atoms with Crippen molar-refractivity contribution in [2.75, 3.05) is 31.6 Å². The summed E-state index contributed by atoms with van der Waals surface area (Å²) in [4.78, 5) is 9.77. The maximum Gasteiger partial charge on any atom is 0.188 e. The van der Waals surface area contributed by atoms with E-state index >= 15 is 0 Å². The minimum Gasteiger partial charge on any atom is -0.346 e. The average molecular weight is 277 g/mol. The van der Waals surface area contributed by atoms with Crippen molar-refractivity contribution in [3.63, 3.8) is 0 Å². The summed E-state index contributed by atoms with van der Waals surface area (Å²) in [7, 11) is 4.23. The number of aryl methyl sites for hydroxylation is 2. The molecule has 4 rings (SSSR count). The van der Waals surface area contributed by atoms with Gasteiger partial charge in [-0.1, -0.05) is 11.3 Å². The van der Waals surface area contributed by atoms with Crippen molar-refractivity contribution in [2.24, 2.45) is 13.0 Å². The molecular weight excluding hydrogens is 258 g/mol. The first-order valence-electron chi connectivity index (χ1n) is 6.89. The third-order valence-corrected chi connectivity index (χ3v) is 5.84. The number of thiazole rings is 1. The van der Waals surface area contributed by atoms with Gasteiger partial charge in [-0.3, -0.25) is 0 Å². The zero-order valence-corrected chi connectivity index (χ0v) is 12.4. The monoisotopic (exact) mass is 277 g/mol. The van der Waals surface area contributed by atoms with Crippen molar-refractivity contribution in [2.45, 2.75) is 19.4 Å². The number of likely N-dealkylation sites (tertiary alicyclic amines) is 1. The summed E-state index contributed by atoms with van der Waals surface area (Å²) in [6, 6.07) is 0.728. The lowest BCUT2D eigenvalue weighted by Gasteiger charge is -2.19. The fraction of sp³-hybridized carbons (Fsp3) is 0.692. The van der Waals surface area contributed by atoms with Crippen LogP contribution >= 0.6 is 11.3 Å². The molecule has 19 heavy (non-hydrogen) atoms. The summed E-state index contributed by atoms with van der Waals surface area (Å²) in [5.41, 5.74) is 2.13. The highest BCUT2D eigenvalue weighted by molar-refractivity contribution is 7.22. The smallest absolute Gasteiger partial charge is 0.188 e. The Hall–Kier alpha value is -1.14. The van der Waals surface area contributed by atoms with Crippen LogP contribution < -0.4 is 4.90 Å². The Labute approximate surface area is 116 Å². The van der Waals surface area contributed by atoms with Gasteiger partial charge in [-0.15, -0.1) is 0 Å². The third kappa shape index (κ3) is 1.63. The van der Waals surface area contributed by atoms with Gasteiger partial charge in [0.1, 0.15) is 0 Å². The van der Waals surface area contributed by atoms with Gasteiger partial charge in [0.2, 0.25) is 0 Å². The Morgan fingerprint density at radius 3 is 2.84 bits per heavy atom. The number of likely N-dealkylation sites (N-methyl/N-ethyl adjacent to an activating group) is 1. The molecule has 2 aliphatic heterocycles. The van der Waals surface area contributed by atoms with Gasteiger partial charge in [0, 0.05) is 26.2 Å². The van der Waals surface area contributed by atoms with Crippen molar-refractivity contribution in [1.29, 1.82) is 0 Å². The summed E-state index contributed by atoms with van der Waals surface area (Å²) in [6.07, 6.45) is 1.34. The molecule has 2 aromatic heterocycles. The molecule has 0 radical (unpaired) electrons. The summed E-state index contributed by atoms with van der Waals surface area (Å²) < 4.78 is 3.14. The number of fused-ring (bicyclic) bond motifs is 2. The second kappa shape index (κ2) is 3.93. The van der Waals surface area contributed by atoms with Crippen LogP contribution in [0.3, 0.4) is 0 Å². The van der Waals surface area contributed by atoms with E-state index in [0.29, 0.717) is 0 Å². The molecule has 4 heterocycles. The van der Waals surface area contributed by atoms with Gasteiger partial charge in [0.25, 0.3) is 0 Å². The molecule has 102 valence electrons. The molecule has 0 amide bonds. The van der Waals surface area contributed by atoms with Gasteiger partial charge in [-0.25, -0.2) is 9.67 Å². The maximum atomic E-state index is 4.79. The molecular formula is C13H19N5S. The predicted molar refractivity (Wildman–Crippen MR) is 77.9 cm³/mol. The normalized spacial score (nSPS) is 27.6. The Balaban J connectivity index is 1.67. The van der Waals surface area contributed by atoms with E-state index in [1.165, 1.54) is 29.3 Å². The zero-order chi connectivity index (χ0) is 13.1. The van der Waals surface area contributed by atoms with E-state index in [1.54, 1.807) is 11.3 Å². The molecule has 0 aliphatic carbocycles. The van der Waals surface area contributed by atoms with Gasteiger partial charge in [-0.2, -0.15) is 5.10 Å². The minimum atomic E-state index is 0.728. The van der Waals surface area contributed by atoms with E-state index in [-0.39, 0.29) is 0 Å². The molecule has 0 spiro atoms. The van der Waals surface area contributed by atoms with E-state index in [9.17, 15) is 0 Å². The van der Waals surface area contributed by atoms with Crippen LogP contribution in [0.5, 0.6) is 0 Å². The van der Waals surface area contributed by atoms with Gasteiger partial charge >= 0.3 is 0 Å². The largest absolute Gasteiger partial charge is 0.346 e. The van der Waals surface area contributed by atoms with Gasteiger partial charge in [-0.05, 0) is 32.9 Å². The molecule has 0 aromatic carbocycles. The summed E-state index contributed by atoms with van der Waals surface area (Å²) >= 11 is 1.79. The van der Waals surface area contributed by atoms with Crippen molar-refractivity contribution in [3.8, 4) is 0 Å². The first-order valence-corrected chi connectivity index (χ1v) is 7.70. The standard InChI is InChI=1S/C13H19N5S/c1-8-11-12(17(3)15-8)14-13(19-11)18-6-9-4-5-16(2)10(9)7-18/h9-10H,4-7H2,1-3H3/t9-,10+/m1/s1. The lowest BCUT2D eigenvalue weighted by molar-refractivity contribution is 0.310. The first-order chi connectivity index (χ1) is 9.13. The quantitative estimate of drug-likeness (QED) is 0.791. The van der Waals surface area contributed by atoms with Gasteiger partial charge in [0.15, 0.2) is 10.8 Å². The SMILES string of the molecule is Cc1nn(C)c2nc(N3C[C@H]4CCN(C)[C@H]4C3)sc12. The van der Waals surface area contributed by atoms with Crippen LogP contribution in [-0.4, -0.2) is 52.4 Å². The minimum absolute atomic E-state index is 0.728. The van der Waals surface area contributed by atoms with Crippen LogP contribution in [0.4, 0.5) is 5.13 Å². The second-order valence-electron chi connectivity index (χ2n) is 5.86. The average Bonchev–Trinajstić information content (AvgIpc) is 3.06. The van der Waals surface area contributed by atoms with Gasteiger partial charge < -0.3 is 9.80 Å². The number of hydrogen-bond donors (Lipinski definition) is 0. The molecule has 0 N–H and O–H groups in total. The zero-order valence-electron chi connectivity index (χ0n) is 11.6. The lowest BCUT2D eigenvalue weighted by atomic mass is 10.1. The molecule has 5 nitrogen and oxygen atoms in total. The highest BCUT2D eigenvalue weighted by atomic mass is 32.1. The molecule has 2 fully saturated rings. The third-order valence-electron chi connectivity index (χ3n) is 4.63. The predicted octanol–water partition coefficient (Wildman–Crippen LogP) is 1.48. The Morgan fingerprint density at radius 2 is 2.11 bits per heavy atom. The molecule has 2 saturated heterocycles. The van der Waals surface area contributed by atoms with Crippen LogP contribution in [0.2, 0.25) is 0 Å². The molecule has 2 aliphatic rings. The molecule has 2 aromatic rings. The fourth-order valence-electron chi connectivity index (χ4n) is 3.54. The maximum absolute atomic E-state index is 4.79. The van der Waals surface area contributed by atoms with Crippen molar-refractivity contribution in [3.05, 3.63) is 5.69 Å². The van der Waals surface area contributed by atoms with E-state index in [4.69, 9.17) is 4.98 Å². The Morgan fingerprint density at radius 1 is 1.26 bits per heavy atom. The van der Waals surface area contributed by atoms with Crippen molar-refractivity contribution >= 4 is 26.8 Å². The molecule has 0 saturated carbocycles. The topological polar surface area (TPSA) is 37.2 Å². The summed E-state index contributed by atoms with van der Waals surface area (Å²) in [5, 5.41) is 5.60. The fourth-order valence-corrected chi connectivity index (χ4v) is 4.59. The van der Waals surface area contributed by atoms with E-state index in [1.807, 2.05) is 11.7 Å². The molecule has 0 bridgehead atoms. The van der Waals surface area contributed by atoms with Gasteiger partial charge in [0.05, 0.1) is 10.4 Å². The summed E-state index contributed by atoms with van der Waals surface area (Å²) in [5.74, 6) is 0.830. The molecule has 0 unspecified atom stereocenters. The van der Waals surface area contributed by atoms with Crippen LogP contribution in [0.1, 0.15) is 12.1 Å². The van der Waals surface area contributed by atoms with E-state index < -0.39 is 0 Å². The first kappa shape index (κ1) is 11.7. The number of nitrogens with zero attached hydrogens (tertiary/aromatic N) is 5. The summed E-state index contributed by atoms with van der Waals surface area (Å²) in [6.45, 7) is 5.62. The molecule has 2 atom stereocenters. The van der Waals surface area contributed by atoms with Crippen LogP contribution in [0, 0.1) is 12.8 Å². The highest BCUT2D eigenvalue weighted by Crippen LogP contribution is 2.37. The number of anilines is 1. The van der Waals surface area contributed by atoms with Crippen molar-refractivity contribution in [1.82, 2.24) is 19.7 Å². The van der Waals surface area contributed by atoms with Crippen LogP contribution in [-0.2, 0) is 7.05 Å². The lowest BCUT2D eigenvalue weighted by Crippen LogP contribution is -2.32. The van der Waals surface area contributed by atoms with Crippen LogP contribution in [0.25, 0.3) is 10.3 Å². The molecule has 6 heteroatoms. The number of rotatable bonds is 1. The second-order valence-corrected chi connectivity index (χ2v) is 6.84. The Bertz CT molecular complexity index is 596. The van der Waals surface area contributed by atoms with Crippen LogP contribution in [0.15, 0.2) is 0 Å². The van der Waals surface area contributed by atoms with E-state index in [2.05, 4.69) is 28.9 Å². The van der Waals surface area contributed by atoms with E-state index in [0.717, 1.165) is 29.8 Å². The number of aromatic nitrogens is 3. The Kier molecular flexibility index (Phi) is 2.41. The highest BCUT2D eigenvalue weighted by Gasteiger charge is 2.40. The number of hydrogen-bond acceptors (Lipinski definition) is 5. The van der Waals surface area contributed by atoms with Crippen molar-refractivity contribution < 1.29 is 0 Å².